The second-order valence-corrected chi connectivity index (χ2v) is 3.53. The van der Waals surface area contributed by atoms with Crippen LogP contribution >= 0.6 is 11.5 Å². The molecule has 1 aromatic carbocycles. The lowest BCUT2D eigenvalue weighted by Gasteiger charge is -1.96. The van der Waals surface area contributed by atoms with Gasteiger partial charge in [0.1, 0.15) is 0 Å². The molecule has 2 rings (SSSR count). The molecule has 0 saturated carbocycles. The summed E-state index contributed by atoms with van der Waals surface area (Å²) in [5, 5.41) is 3.62. The lowest BCUT2D eigenvalue weighted by atomic mass is 10.2. The summed E-state index contributed by atoms with van der Waals surface area (Å²) in [7, 11) is 0. The predicted molar refractivity (Wildman–Crippen MR) is 58.4 cm³/mol. The topological polar surface area (TPSA) is 42.0 Å². The molecule has 0 spiro atoms. The highest BCUT2D eigenvalue weighted by molar-refractivity contribution is 7.13. The van der Waals surface area contributed by atoms with E-state index in [2.05, 4.69) is 16.3 Å². The normalized spacial score (nSPS) is 10.0. The van der Waals surface area contributed by atoms with Crippen molar-refractivity contribution < 1.29 is 4.79 Å². The molecule has 1 heterocycles. The molecule has 0 atom stereocenters. The Morgan fingerprint density at radius 1 is 1.50 bits per heavy atom. The van der Waals surface area contributed by atoms with Crippen molar-refractivity contribution >= 4 is 33.3 Å². The molecule has 0 bridgehead atoms. The van der Waals surface area contributed by atoms with Gasteiger partial charge in [-0.25, -0.2) is 0 Å². The van der Waals surface area contributed by atoms with Gasteiger partial charge in [-0.2, -0.15) is 4.37 Å². The average molecular weight is 204 g/mol. The van der Waals surface area contributed by atoms with Crippen LogP contribution < -0.4 is 5.32 Å². The summed E-state index contributed by atoms with van der Waals surface area (Å²) in [5.74, 6) is 0.372. The van der Waals surface area contributed by atoms with Crippen LogP contribution in [0.2, 0.25) is 0 Å². The molecular weight excluding hydrogens is 196 g/mol. The van der Waals surface area contributed by atoms with Gasteiger partial charge in [0.05, 0.1) is 4.70 Å². The van der Waals surface area contributed by atoms with Gasteiger partial charge in [-0.1, -0.05) is 18.7 Å². The fourth-order valence-corrected chi connectivity index (χ4v) is 1.88. The third-order valence-corrected chi connectivity index (χ3v) is 2.63. The number of amides is 1. The van der Waals surface area contributed by atoms with Crippen LogP contribution in [0.15, 0.2) is 36.9 Å². The van der Waals surface area contributed by atoms with Gasteiger partial charge in [0.15, 0.2) is 5.82 Å². The minimum absolute atomic E-state index is 0.235. The minimum Gasteiger partial charge on any atom is -0.306 e. The number of rotatable bonds is 2. The van der Waals surface area contributed by atoms with E-state index in [0.29, 0.717) is 5.82 Å². The molecule has 0 saturated heterocycles. The van der Waals surface area contributed by atoms with E-state index in [9.17, 15) is 4.79 Å². The molecule has 14 heavy (non-hydrogen) atoms. The number of carbonyl (C=O) groups excluding carboxylic acids is 1. The fourth-order valence-electron chi connectivity index (χ4n) is 1.14. The summed E-state index contributed by atoms with van der Waals surface area (Å²) < 4.78 is 5.21. The van der Waals surface area contributed by atoms with Gasteiger partial charge >= 0.3 is 0 Å². The molecule has 0 aliphatic carbocycles. The molecule has 1 amide bonds. The highest BCUT2D eigenvalue weighted by Gasteiger charge is 2.06. The van der Waals surface area contributed by atoms with Crippen LogP contribution in [0.1, 0.15) is 0 Å². The maximum Gasteiger partial charge on any atom is 0.248 e. The Hall–Kier alpha value is -1.68. The predicted octanol–water partition coefficient (Wildman–Crippen LogP) is 2.42. The second kappa shape index (κ2) is 3.59. The van der Waals surface area contributed by atoms with Crippen LogP contribution in [0.25, 0.3) is 10.1 Å². The maximum atomic E-state index is 11.1. The number of nitrogens with one attached hydrogen (secondary N) is 1. The van der Waals surface area contributed by atoms with Gasteiger partial charge in [-0.15, -0.1) is 0 Å². The first-order valence-corrected chi connectivity index (χ1v) is 4.86. The van der Waals surface area contributed by atoms with E-state index >= 15 is 0 Å². The molecule has 1 N–H and O–H groups in total. The summed E-state index contributed by atoms with van der Waals surface area (Å²) >= 11 is 1.37. The molecule has 0 aliphatic heterocycles. The Morgan fingerprint density at radius 2 is 2.29 bits per heavy atom. The van der Waals surface area contributed by atoms with Gasteiger partial charge in [0.25, 0.3) is 0 Å². The molecule has 0 unspecified atom stereocenters. The molecule has 3 nitrogen and oxygen atoms in total. The van der Waals surface area contributed by atoms with E-state index in [-0.39, 0.29) is 5.91 Å². The zero-order valence-electron chi connectivity index (χ0n) is 7.36. The van der Waals surface area contributed by atoms with E-state index in [1.54, 1.807) is 0 Å². The Labute approximate surface area is 85.2 Å². The Bertz CT molecular complexity index is 490. The maximum absolute atomic E-state index is 11.1. The van der Waals surface area contributed by atoms with Crippen molar-refractivity contribution in [2.24, 2.45) is 0 Å². The highest BCUT2D eigenvalue weighted by atomic mass is 32.1. The number of anilines is 1. The van der Waals surface area contributed by atoms with Crippen LogP contribution in [0, 0.1) is 0 Å². The smallest absolute Gasteiger partial charge is 0.248 e. The minimum atomic E-state index is -0.235. The van der Waals surface area contributed by atoms with Crippen LogP contribution in [0.5, 0.6) is 0 Å². The van der Waals surface area contributed by atoms with Crippen molar-refractivity contribution in [2.75, 3.05) is 5.32 Å². The molecule has 2 aromatic rings. The summed E-state index contributed by atoms with van der Waals surface area (Å²) in [6, 6.07) is 7.76. The fraction of sp³-hybridized carbons (Fsp3) is 0. The number of hydrogen-bond acceptors (Lipinski definition) is 3. The quantitative estimate of drug-likeness (QED) is 0.763. The van der Waals surface area contributed by atoms with Crippen LogP contribution in [-0.2, 0) is 4.79 Å². The zero-order valence-corrected chi connectivity index (χ0v) is 8.17. The van der Waals surface area contributed by atoms with Crippen molar-refractivity contribution in [1.29, 1.82) is 0 Å². The van der Waals surface area contributed by atoms with E-state index in [4.69, 9.17) is 0 Å². The van der Waals surface area contributed by atoms with Crippen molar-refractivity contribution in [3.8, 4) is 0 Å². The monoisotopic (exact) mass is 204 g/mol. The standard InChI is InChI=1S/C10H8N2OS/c1-2-9(13)11-10-7-5-3-4-6-8(7)14-12-10/h2-6H,1H2,(H,11,12,13). The van der Waals surface area contributed by atoms with Gasteiger partial charge in [-0.05, 0) is 29.7 Å². The number of carbonyl (C=O) groups is 1. The number of benzene rings is 1. The zero-order chi connectivity index (χ0) is 9.97. The van der Waals surface area contributed by atoms with Crippen LogP contribution in [0.4, 0.5) is 5.82 Å². The molecule has 70 valence electrons. The lowest BCUT2D eigenvalue weighted by Crippen LogP contribution is -2.07. The molecule has 0 radical (unpaired) electrons. The third kappa shape index (κ3) is 1.52. The second-order valence-electron chi connectivity index (χ2n) is 2.72. The number of nitrogens with zero attached hydrogens (tertiary/aromatic N) is 1. The molecule has 4 heteroatoms. The van der Waals surface area contributed by atoms with Crippen molar-refractivity contribution in [3.63, 3.8) is 0 Å². The van der Waals surface area contributed by atoms with E-state index < -0.39 is 0 Å². The Balaban J connectivity index is 2.43. The molecule has 0 aliphatic rings. The summed E-state index contributed by atoms with van der Waals surface area (Å²) in [6.45, 7) is 3.38. The Kier molecular flexibility index (Phi) is 2.28. The van der Waals surface area contributed by atoms with Crippen LogP contribution in [0.3, 0.4) is 0 Å². The number of hydrogen-bond donors (Lipinski definition) is 1. The van der Waals surface area contributed by atoms with Crippen molar-refractivity contribution in [2.45, 2.75) is 0 Å². The largest absolute Gasteiger partial charge is 0.306 e. The van der Waals surface area contributed by atoms with Crippen molar-refractivity contribution in [1.82, 2.24) is 4.37 Å². The Morgan fingerprint density at radius 3 is 3.07 bits per heavy atom. The van der Waals surface area contributed by atoms with Gasteiger partial charge < -0.3 is 5.32 Å². The molecule has 0 fully saturated rings. The third-order valence-electron chi connectivity index (χ3n) is 1.80. The number of fused-ring (bicyclic) bond motifs is 1. The number of aromatic nitrogens is 1. The SMILES string of the molecule is C=CC(=O)Nc1nsc2ccccc12. The first kappa shape index (κ1) is 8.90. The van der Waals surface area contributed by atoms with Crippen molar-refractivity contribution in [3.05, 3.63) is 36.9 Å². The van der Waals surface area contributed by atoms with E-state index in [1.165, 1.54) is 17.6 Å². The highest BCUT2D eigenvalue weighted by Crippen LogP contribution is 2.25. The van der Waals surface area contributed by atoms with Gasteiger partial charge in [0, 0.05) is 5.39 Å². The van der Waals surface area contributed by atoms with Gasteiger partial charge in [-0.3, -0.25) is 4.79 Å². The first-order chi connectivity index (χ1) is 6.81. The molecular formula is C10H8N2OS. The lowest BCUT2D eigenvalue weighted by molar-refractivity contribution is -0.111. The summed E-state index contributed by atoms with van der Waals surface area (Å²) in [6.07, 6.45) is 1.23. The van der Waals surface area contributed by atoms with Crippen LogP contribution in [-0.4, -0.2) is 10.3 Å². The summed E-state index contributed by atoms with van der Waals surface area (Å²) in [5.41, 5.74) is 0. The average Bonchev–Trinajstić information content (AvgIpc) is 2.62. The summed E-state index contributed by atoms with van der Waals surface area (Å²) in [4.78, 5) is 11.1. The van der Waals surface area contributed by atoms with E-state index in [0.717, 1.165) is 10.1 Å². The van der Waals surface area contributed by atoms with E-state index in [1.807, 2.05) is 24.3 Å². The molecule has 1 aromatic heterocycles. The first-order valence-electron chi connectivity index (χ1n) is 4.09. The van der Waals surface area contributed by atoms with Gasteiger partial charge in [0.2, 0.25) is 5.91 Å².